The van der Waals surface area contributed by atoms with Crippen LogP contribution in [0.1, 0.15) is 11.1 Å². The number of likely N-dealkylation sites (N-methyl/N-ethyl adjacent to an activating group) is 1. The topological polar surface area (TPSA) is 68.3 Å². The fraction of sp³-hybridized carbons (Fsp3) is 0.667. The number of ether oxygens (including phenoxy) is 1. The van der Waals surface area contributed by atoms with E-state index in [9.17, 15) is 9.90 Å². The lowest BCUT2D eigenvalue weighted by Gasteiger charge is -2.32. The Morgan fingerprint density at radius 1 is 1.14 bits per heavy atom. The van der Waals surface area contributed by atoms with Gasteiger partial charge in [-0.25, -0.2) is 0 Å². The van der Waals surface area contributed by atoms with Crippen LogP contribution in [0.15, 0.2) is 24.3 Å². The molecule has 1 aromatic rings. The molecule has 1 atom stereocenters. The molecule has 0 radical (unpaired) electrons. The summed E-state index contributed by atoms with van der Waals surface area (Å²) in [5.41, 5.74) is 2.73. The summed E-state index contributed by atoms with van der Waals surface area (Å²) in [4.78, 5) is 18.8. The van der Waals surface area contributed by atoms with Crippen molar-refractivity contribution < 1.29 is 14.6 Å². The van der Waals surface area contributed by atoms with Crippen LogP contribution in [0.4, 0.5) is 0 Å². The zero-order valence-corrected chi connectivity index (χ0v) is 17.0. The summed E-state index contributed by atoms with van der Waals surface area (Å²) >= 11 is 0. The van der Waals surface area contributed by atoms with Gasteiger partial charge < -0.3 is 20.1 Å². The minimum Gasteiger partial charge on any atom is -0.390 e. The van der Waals surface area contributed by atoms with E-state index in [2.05, 4.69) is 51.3 Å². The second-order valence-electron chi connectivity index (χ2n) is 7.91. The van der Waals surface area contributed by atoms with E-state index in [1.54, 1.807) is 0 Å². The normalized spacial score (nSPS) is 19.9. The van der Waals surface area contributed by atoms with Crippen molar-refractivity contribution in [1.82, 2.24) is 20.0 Å². The summed E-state index contributed by atoms with van der Waals surface area (Å²) < 4.78 is 5.49. The number of aliphatic hydroxyl groups is 1. The van der Waals surface area contributed by atoms with Gasteiger partial charge in [0.25, 0.3) is 0 Å². The highest BCUT2D eigenvalue weighted by Crippen LogP contribution is 2.18. The molecular formula is C21H34N4O3. The van der Waals surface area contributed by atoms with Crippen LogP contribution in [0.3, 0.4) is 0 Å². The molecule has 3 rings (SSSR count). The predicted octanol–water partition coefficient (Wildman–Crippen LogP) is -0.214. The zero-order valence-electron chi connectivity index (χ0n) is 17.0. The van der Waals surface area contributed by atoms with E-state index < -0.39 is 6.10 Å². The fourth-order valence-corrected chi connectivity index (χ4v) is 3.79. The minimum absolute atomic E-state index is 0.0531. The second kappa shape index (κ2) is 10.9. The predicted molar refractivity (Wildman–Crippen MR) is 109 cm³/mol. The first-order chi connectivity index (χ1) is 13.6. The van der Waals surface area contributed by atoms with E-state index in [4.69, 9.17) is 4.74 Å². The lowest BCUT2D eigenvalue weighted by atomic mass is 10.00. The molecule has 0 saturated carbocycles. The third kappa shape index (κ3) is 6.83. The Kier molecular flexibility index (Phi) is 8.24. The summed E-state index contributed by atoms with van der Waals surface area (Å²) in [6.45, 7) is 8.39. The molecule has 2 aliphatic heterocycles. The van der Waals surface area contributed by atoms with Crippen molar-refractivity contribution in [3.63, 3.8) is 0 Å². The Balaban J connectivity index is 1.24. The van der Waals surface area contributed by atoms with Crippen LogP contribution in [0, 0.1) is 0 Å². The fourth-order valence-electron chi connectivity index (χ4n) is 3.79. The maximum atomic E-state index is 11.9. The van der Waals surface area contributed by atoms with Gasteiger partial charge in [-0.2, -0.15) is 0 Å². The second-order valence-corrected chi connectivity index (χ2v) is 7.91. The van der Waals surface area contributed by atoms with Gasteiger partial charge in [0, 0.05) is 58.9 Å². The molecular weight excluding hydrogens is 356 g/mol. The van der Waals surface area contributed by atoms with Crippen LogP contribution >= 0.6 is 0 Å². The average molecular weight is 391 g/mol. The molecule has 28 heavy (non-hydrogen) atoms. The summed E-state index contributed by atoms with van der Waals surface area (Å²) in [5.74, 6) is -0.165. The monoisotopic (exact) mass is 390 g/mol. The standard InChI is InChI=1S/C21H34N4O3/c1-23-8-10-24(11-9-23)12-13-28-17-21(27)22-14-20(26)16-25-7-6-18-4-2-3-5-19(18)15-25/h2-5,20,26H,6-17H2,1H3,(H,22,27). The van der Waals surface area contributed by atoms with Crippen molar-refractivity contribution in [2.24, 2.45) is 0 Å². The van der Waals surface area contributed by atoms with Crippen molar-refractivity contribution in [3.8, 4) is 0 Å². The Morgan fingerprint density at radius 3 is 2.68 bits per heavy atom. The van der Waals surface area contributed by atoms with E-state index in [1.807, 2.05) is 0 Å². The molecule has 0 spiro atoms. The van der Waals surface area contributed by atoms with Crippen LogP contribution < -0.4 is 5.32 Å². The average Bonchev–Trinajstić information content (AvgIpc) is 2.71. The summed E-state index contributed by atoms with van der Waals surface area (Å²) in [6.07, 6.45) is 0.440. The SMILES string of the molecule is CN1CCN(CCOCC(=O)NCC(O)CN2CCc3ccccc3C2)CC1. The molecule has 2 aliphatic rings. The number of nitrogens with zero attached hydrogens (tertiary/aromatic N) is 3. The van der Waals surface area contributed by atoms with Gasteiger partial charge in [0.2, 0.25) is 5.91 Å². The van der Waals surface area contributed by atoms with E-state index in [0.29, 0.717) is 13.2 Å². The third-order valence-corrected chi connectivity index (χ3v) is 5.59. The number of β-amino-alcohol motifs (C(OH)–C–C–N with tert-alkyl or cyclic N) is 1. The number of rotatable bonds is 9. The number of aliphatic hydroxyl groups excluding tert-OH is 1. The largest absolute Gasteiger partial charge is 0.390 e. The number of benzene rings is 1. The Hall–Kier alpha value is -1.51. The first-order valence-electron chi connectivity index (χ1n) is 10.3. The van der Waals surface area contributed by atoms with Crippen LogP contribution in [0.2, 0.25) is 0 Å². The van der Waals surface area contributed by atoms with Gasteiger partial charge in [0.1, 0.15) is 6.61 Å². The highest BCUT2D eigenvalue weighted by atomic mass is 16.5. The molecule has 1 saturated heterocycles. The molecule has 7 nitrogen and oxygen atoms in total. The quantitative estimate of drug-likeness (QED) is 0.569. The Morgan fingerprint density at radius 2 is 1.89 bits per heavy atom. The van der Waals surface area contributed by atoms with Crippen molar-refractivity contribution in [2.75, 3.05) is 72.6 Å². The van der Waals surface area contributed by atoms with E-state index in [-0.39, 0.29) is 19.1 Å². The van der Waals surface area contributed by atoms with E-state index in [1.165, 1.54) is 11.1 Å². The molecule has 1 aromatic carbocycles. The number of fused-ring (bicyclic) bond motifs is 1. The summed E-state index contributed by atoms with van der Waals surface area (Å²) in [6, 6.07) is 8.46. The number of piperazine rings is 1. The van der Waals surface area contributed by atoms with Crippen LogP contribution in [-0.2, 0) is 22.5 Å². The number of amides is 1. The number of nitrogens with one attached hydrogen (secondary N) is 1. The van der Waals surface area contributed by atoms with Gasteiger partial charge >= 0.3 is 0 Å². The molecule has 0 aromatic heterocycles. The molecule has 2 N–H and O–H groups in total. The first-order valence-corrected chi connectivity index (χ1v) is 10.3. The number of hydrogen-bond acceptors (Lipinski definition) is 6. The highest BCUT2D eigenvalue weighted by molar-refractivity contribution is 5.77. The van der Waals surface area contributed by atoms with Crippen molar-refractivity contribution in [1.29, 1.82) is 0 Å². The van der Waals surface area contributed by atoms with Gasteiger partial charge in [-0.1, -0.05) is 24.3 Å². The molecule has 0 aliphatic carbocycles. The van der Waals surface area contributed by atoms with Gasteiger partial charge in [0.15, 0.2) is 0 Å². The van der Waals surface area contributed by atoms with Gasteiger partial charge in [0.05, 0.1) is 12.7 Å². The Labute approximate surface area is 168 Å². The third-order valence-electron chi connectivity index (χ3n) is 5.59. The van der Waals surface area contributed by atoms with E-state index in [0.717, 1.165) is 52.2 Å². The van der Waals surface area contributed by atoms with Gasteiger partial charge in [-0.15, -0.1) is 0 Å². The molecule has 0 bridgehead atoms. The molecule has 1 amide bonds. The van der Waals surface area contributed by atoms with Gasteiger partial charge in [-0.05, 0) is 24.6 Å². The zero-order chi connectivity index (χ0) is 19.8. The molecule has 156 valence electrons. The first kappa shape index (κ1) is 21.2. The summed E-state index contributed by atoms with van der Waals surface area (Å²) in [5, 5.41) is 13.0. The van der Waals surface area contributed by atoms with Crippen molar-refractivity contribution in [2.45, 2.75) is 19.1 Å². The van der Waals surface area contributed by atoms with Gasteiger partial charge in [-0.3, -0.25) is 14.6 Å². The molecule has 2 heterocycles. The number of carbonyl (C=O) groups excluding carboxylic acids is 1. The highest BCUT2D eigenvalue weighted by Gasteiger charge is 2.19. The van der Waals surface area contributed by atoms with E-state index >= 15 is 0 Å². The summed E-state index contributed by atoms with van der Waals surface area (Å²) in [7, 11) is 2.14. The maximum Gasteiger partial charge on any atom is 0.246 e. The molecule has 1 fully saturated rings. The lowest BCUT2D eigenvalue weighted by molar-refractivity contribution is -0.126. The van der Waals surface area contributed by atoms with Crippen LogP contribution in [0.5, 0.6) is 0 Å². The lowest BCUT2D eigenvalue weighted by Crippen LogP contribution is -2.45. The maximum absolute atomic E-state index is 11.9. The Bertz CT molecular complexity index is 619. The smallest absolute Gasteiger partial charge is 0.246 e. The number of hydrogen-bond donors (Lipinski definition) is 2. The minimum atomic E-state index is -0.570. The molecule has 7 heteroatoms. The molecule has 1 unspecified atom stereocenters. The van der Waals surface area contributed by atoms with Crippen LogP contribution in [0.25, 0.3) is 0 Å². The van der Waals surface area contributed by atoms with Crippen molar-refractivity contribution in [3.05, 3.63) is 35.4 Å². The van der Waals surface area contributed by atoms with Crippen LogP contribution in [-0.4, -0.2) is 104 Å². The van der Waals surface area contributed by atoms with Crippen molar-refractivity contribution >= 4 is 5.91 Å². The number of carbonyl (C=O) groups is 1.